The number of anilines is 1. The number of hydrogen-bond donors (Lipinski definition) is 0. The van der Waals surface area contributed by atoms with E-state index in [1.54, 1.807) is 11.0 Å². The number of nitrogens with zero attached hydrogens (tertiary/aromatic N) is 1. The van der Waals surface area contributed by atoms with Gasteiger partial charge >= 0.3 is 0 Å². The van der Waals surface area contributed by atoms with Crippen LogP contribution in [0.2, 0.25) is 0 Å². The molecule has 1 aliphatic heterocycles. The van der Waals surface area contributed by atoms with Crippen LogP contribution in [0.25, 0.3) is 0 Å². The van der Waals surface area contributed by atoms with E-state index in [2.05, 4.69) is 0 Å². The largest absolute Gasteiger partial charge is 0.483 e. The van der Waals surface area contributed by atoms with Gasteiger partial charge in [-0.1, -0.05) is 18.2 Å². The summed E-state index contributed by atoms with van der Waals surface area (Å²) in [6.45, 7) is 2.50. The molecule has 1 amide bonds. The number of halogens is 1. The molecule has 0 N–H and O–H groups in total. The summed E-state index contributed by atoms with van der Waals surface area (Å²) in [6.07, 6.45) is 0.684. The summed E-state index contributed by atoms with van der Waals surface area (Å²) < 4.78 is 18.8. The zero-order valence-corrected chi connectivity index (χ0v) is 11.8. The Hall–Kier alpha value is -2.36. The van der Waals surface area contributed by atoms with E-state index in [1.165, 1.54) is 12.1 Å². The first-order valence-corrected chi connectivity index (χ1v) is 6.92. The maximum atomic E-state index is 13.2. The van der Waals surface area contributed by atoms with Gasteiger partial charge in [0.05, 0.1) is 0 Å². The zero-order valence-electron chi connectivity index (χ0n) is 11.8. The van der Waals surface area contributed by atoms with Crippen LogP contribution in [0, 0.1) is 12.7 Å². The molecule has 3 nitrogen and oxygen atoms in total. The van der Waals surface area contributed by atoms with Crippen molar-refractivity contribution in [3.8, 4) is 5.75 Å². The predicted molar refractivity (Wildman–Crippen MR) is 79.1 cm³/mol. The number of para-hydroxylation sites is 1. The minimum atomic E-state index is -0.265. The highest BCUT2D eigenvalue weighted by atomic mass is 19.1. The van der Waals surface area contributed by atoms with Gasteiger partial charge in [0.2, 0.25) is 0 Å². The Labute approximate surface area is 123 Å². The molecule has 2 aromatic rings. The molecule has 0 spiro atoms. The molecule has 0 bridgehead atoms. The third-order valence-electron chi connectivity index (χ3n) is 3.68. The number of amides is 1. The van der Waals surface area contributed by atoms with E-state index in [-0.39, 0.29) is 18.3 Å². The molecular formula is C17H16FNO2. The molecule has 21 heavy (non-hydrogen) atoms. The number of ether oxygens (including phenoxy) is 1. The maximum Gasteiger partial charge on any atom is 0.264 e. The van der Waals surface area contributed by atoms with Gasteiger partial charge in [-0.05, 0) is 48.7 Å². The number of hydrogen-bond acceptors (Lipinski definition) is 2. The van der Waals surface area contributed by atoms with E-state index in [0.717, 1.165) is 16.8 Å². The van der Waals surface area contributed by atoms with Gasteiger partial charge in [0.25, 0.3) is 5.91 Å². The van der Waals surface area contributed by atoms with Gasteiger partial charge in [-0.15, -0.1) is 0 Å². The number of rotatable bonds is 3. The zero-order chi connectivity index (χ0) is 14.8. The first-order chi connectivity index (χ1) is 10.1. The van der Waals surface area contributed by atoms with Gasteiger partial charge in [0, 0.05) is 12.2 Å². The van der Waals surface area contributed by atoms with E-state index >= 15 is 0 Å². The second kappa shape index (κ2) is 5.56. The molecule has 1 aliphatic rings. The Balaban J connectivity index is 1.69. The fraction of sp³-hybridized carbons (Fsp3) is 0.235. The van der Waals surface area contributed by atoms with Gasteiger partial charge in [0.1, 0.15) is 11.6 Å². The third-order valence-corrected chi connectivity index (χ3v) is 3.68. The van der Waals surface area contributed by atoms with Crippen LogP contribution < -0.4 is 9.64 Å². The summed E-state index contributed by atoms with van der Waals surface area (Å²) in [6, 6.07) is 12.1. The summed E-state index contributed by atoms with van der Waals surface area (Å²) in [4.78, 5) is 13.9. The van der Waals surface area contributed by atoms with Gasteiger partial charge in [-0.25, -0.2) is 4.39 Å². The highest BCUT2D eigenvalue weighted by Crippen LogP contribution is 2.28. The predicted octanol–water partition coefficient (Wildman–Crippen LogP) is 3.10. The third kappa shape index (κ3) is 2.75. The van der Waals surface area contributed by atoms with E-state index in [0.29, 0.717) is 18.7 Å². The summed E-state index contributed by atoms with van der Waals surface area (Å²) in [5, 5.41) is 0. The summed E-state index contributed by atoms with van der Waals surface area (Å²) >= 11 is 0. The van der Waals surface area contributed by atoms with E-state index in [9.17, 15) is 9.18 Å². The van der Waals surface area contributed by atoms with Crippen LogP contribution in [0.4, 0.5) is 10.1 Å². The Morgan fingerprint density at radius 1 is 1.29 bits per heavy atom. The number of carbonyl (C=O) groups is 1. The lowest BCUT2D eigenvalue weighted by Gasteiger charge is -2.18. The van der Waals surface area contributed by atoms with Crippen molar-refractivity contribution in [1.82, 2.24) is 0 Å². The average Bonchev–Trinajstić information content (AvgIpc) is 2.89. The normalized spacial score (nSPS) is 13.1. The Morgan fingerprint density at radius 3 is 2.90 bits per heavy atom. The minimum Gasteiger partial charge on any atom is -0.483 e. The number of fused-ring (bicyclic) bond motifs is 1. The van der Waals surface area contributed by atoms with E-state index < -0.39 is 0 Å². The van der Waals surface area contributed by atoms with Crippen molar-refractivity contribution >= 4 is 11.6 Å². The molecule has 0 aliphatic carbocycles. The molecule has 0 atom stereocenters. The maximum absolute atomic E-state index is 13.2. The Morgan fingerprint density at radius 2 is 2.10 bits per heavy atom. The summed E-state index contributed by atoms with van der Waals surface area (Å²) in [7, 11) is 0. The quantitative estimate of drug-likeness (QED) is 0.867. The van der Waals surface area contributed by atoms with E-state index in [4.69, 9.17) is 4.74 Å². The highest BCUT2D eigenvalue weighted by Gasteiger charge is 2.25. The van der Waals surface area contributed by atoms with Crippen molar-refractivity contribution in [1.29, 1.82) is 0 Å². The molecular weight excluding hydrogens is 269 g/mol. The van der Waals surface area contributed by atoms with Crippen molar-refractivity contribution < 1.29 is 13.9 Å². The van der Waals surface area contributed by atoms with Crippen LogP contribution in [0.3, 0.4) is 0 Å². The van der Waals surface area contributed by atoms with Crippen LogP contribution >= 0.6 is 0 Å². The second-order valence-electron chi connectivity index (χ2n) is 5.12. The molecule has 0 fully saturated rings. The van der Waals surface area contributed by atoms with Crippen LogP contribution in [0.5, 0.6) is 5.75 Å². The van der Waals surface area contributed by atoms with Crippen molar-refractivity contribution in [3.63, 3.8) is 0 Å². The van der Waals surface area contributed by atoms with Crippen LogP contribution in [-0.4, -0.2) is 19.1 Å². The number of carbonyl (C=O) groups excluding carboxylic acids is 1. The molecule has 4 heteroatoms. The lowest BCUT2D eigenvalue weighted by Crippen LogP contribution is -2.33. The van der Waals surface area contributed by atoms with Crippen molar-refractivity contribution in [2.24, 2.45) is 0 Å². The summed E-state index contributed by atoms with van der Waals surface area (Å²) in [5.74, 6) is 0.340. The minimum absolute atomic E-state index is 0.0122. The topological polar surface area (TPSA) is 29.5 Å². The van der Waals surface area contributed by atoms with Crippen LogP contribution in [0.1, 0.15) is 11.1 Å². The lowest BCUT2D eigenvalue weighted by atomic mass is 10.2. The average molecular weight is 285 g/mol. The monoisotopic (exact) mass is 285 g/mol. The fourth-order valence-electron chi connectivity index (χ4n) is 2.57. The molecule has 0 aromatic heterocycles. The lowest BCUT2D eigenvalue weighted by molar-refractivity contribution is -0.120. The molecule has 3 rings (SSSR count). The SMILES string of the molecule is Cc1ccccc1OCC(=O)N1CCc2cc(F)ccc21. The molecule has 0 saturated carbocycles. The second-order valence-corrected chi connectivity index (χ2v) is 5.12. The molecule has 1 heterocycles. The Kier molecular flexibility index (Phi) is 3.60. The van der Waals surface area contributed by atoms with Crippen LogP contribution in [0.15, 0.2) is 42.5 Å². The summed E-state index contributed by atoms with van der Waals surface area (Å²) in [5.41, 5.74) is 2.66. The molecule has 108 valence electrons. The van der Waals surface area contributed by atoms with Crippen molar-refractivity contribution in [2.45, 2.75) is 13.3 Å². The Bertz CT molecular complexity index is 684. The first kappa shape index (κ1) is 13.6. The standard InChI is InChI=1S/C17H16FNO2/c1-12-4-2-3-5-16(12)21-11-17(20)19-9-8-13-10-14(18)6-7-15(13)19/h2-7,10H,8-9,11H2,1H3. The molecule has 0 unspecified atom stereocenters. The van der Waals surface area contributed by atoms with Gasteiger partial charge in [-0.2, -0.15) is 0 Å². The van der Waals surface area contributed by atoms with Gasteiger partial charge in [0.15, 0.2) is 6.61 Å². The smallest absolute Gasteiger partial charge is 0.264 e. The molecule has 0 radical (unpaired) electrons. The highest BCUT2D eigenvalue weighted by molar-refractivity contribution is 5.96. The molecule has 2 aromatic carbocycles. The van der Waals surface area contributed by atoms with Gasteiger partial charge < -0.3 is 9.64 Å². The van der Waals surface area contributed by atoms with Crippen LogP contribution in [-0.2, 0) is 11.2 Å². The van der Waals surface area contributed by atoms with E-state index in [1.807, 2.05) is 31.2 Å². The number of benzene rings is 2. The van der Waals surface area contributed by atoms with Crippen molar-refractivity contribution in [3.05, 3.63) is 59.4 Å². The molecule has 0 saturated heterocycles. The van der Waals surface area contributed by atoms with Gasteiger partial charge in [-0.3, -0.25) is 4.79 Å². The fourth-order valence-corrected chi connectivity index (χ4v) is 2.57. The number of aryl methyl sites for hydroxylation is 1. The van der Waals surface area contributed by atoms with Crippen molar-refractivity contribution in [2.75, 3.05) is 18.1 Å². The first-order valence-electron chi connectivity index (χ1n) is 6.92.